The first-order valence-corrected chi connectivity index (χ1v) is 11.0. The fourth-order valence-corrected chi connectivity index (χ4v) is 4.60. The van der Waals surface area contributed by atoms with Crippen molar-refractivity contribution in [2.45, 2.75) is 29.5 Å². The average molecular weight is 513 g/mol. The molecule has 1 saturated carbocycles. The number of alkyl halides is 3. The number of carbonyl (C=O) groups is 2. The number of anilines is 1. The molecule has 0 saturated heterocycles. The first kappa shape index (κ1) is 24.2. The van der Waals surface area contributed by atoms with Gasteiger partial charge in [0.15, 0.2) is 11.6 Å². The minimum atomic E-state index is -1.53. The maximum atomic E-state index is 14.8. The van der Waals surface area contributed by atoms with Gasteiger partial charge in [-0.3, -0.25) is 9.59 Å². The lowest BCUT2D eigenvalue weighted by molar-refractivity contribution is -0.117. The van der Waals surface area contributed by atoms with Crippen LogP contribution in [0.3, 0.4) is 0 Å². The number of hydrogen-bond acceptors (Lipinski definition) is 2. The molecule has 1 aliphatic rings. The predicted octanol–water partition coefficient (Wildman–Crippen LogP) is 6.88. The molecule has 3 rings (SSSR count). The number of ketones is 1. The molecule has 1 fully saturated rings. The molecule has 0 radical (unpaired) electrons. The van der Waals surface area contributed by atoms with Crippen LogP contribution in [0.25, 0.3) is 0 Å². The molecule has 31 heavy (non-hydrogen) atoms. The third kappa shape index (κ3) is 4.98. The summed E-state index contributed by atoms with van der Waals surface area (Å²) in [6.45, 7) is 0. The first-order valence-electron chi connectivity index (χ1n) is 9.30. The van der Waals surface area contributed by atoms with Crippen LogP contribution >= 0.6 is 46.4 Å². The normalized spacial score (nSPS) is 19.2. The Morgan fingerprint density at radius 1 is 1.03 bits per heavy atom. The Bertz CT molecular complexity index is 1030. The zero-order chi connectivity index (χ0) is 22.9. The topological polar surface area (TPSA) is 46.2 Å². The van der Waals surface area contributed by atoms with Gasteiger partial charge < -0.3 is 5.32 Å². The van der Waals surface area contributed by atoms with E-state index in [1.807, 2.05) is 0 Å². The van der Waals surface area contributed by atoms with Crippen LogP contribution in [0.2, 0.25) is 5.02 Å². The second-order valence-corrected chi connectivity index (χ2v) is 9.38. The van der Waals surface area contributed by atoms with Crippen LogP contribution < -0.4 is 5.32 Å². The third-order valence-electron chi connectivity index (χ3n) is 5.05. The van der Waals surface area contributed by atoms with Gasteiger partial charge in [0.25, 0.3) is 0 Å². The minimum Gasteiger partial charge on any atom is -0.323 e. The molecule has 1 amide bonds. The maximum Gasteiger partial charge on any atom is 0.231 e. The van der Waals surface area contributed by atoms with Crippen LogP contribution in [0.1, 0.15) is 41.1 Å². The molecule has 0 bridgehead atoms. The van der Waals surface area contributed by atoms with E-state index in [1.54, 1.807) is 0 Å². The van der Waals surface area contributed by atoms with Crippen molar-refractivity contribution < 1.29 is 22.8 Å². The number of nitrogens with one attached hydrogen (secondary N) is 1. The van der Waals surface area contributed by atoms with Crippen LogP contribution in [0.15, 0.2) is 30.3 Å². The van der Waals surface area contributed by atoms with Crippen molar-refractivity contribution in [1.29, 1.82) is 0 Å². The van der Waals surface area contributed by atoms with Crippen LogP contribution in [0, 0.1) is 23.4 Å². The lowest BCUT2D eigenvalue weighted by Gasteiger charge is -2.11. The van der Waals surface area contributed by atoms with Gasteiger partial charge in [-0.05, 0) is 42.7 Å². The SMILES string of the molecule is O=C(CCCCCl)c1c(F)ccc(NC(=O)C2C(c3ccc(F)c(Cl)c3)C2(Cl)Cl)c1F. The number of Topliss-reactive ketones (excluding diaryl/α,β-unsaturated/α-hetero) is 1. The highest BCUT2D eigenvalue weighted by Gasteiger charge is 2.67. The van der Waals surface area contributed by atoms with E-state index in [0.29, 0.717) is 24.3 Å². The second kappa shape index (κ2) is 9.57. The number of benzene rings is 2. The highest BCUT2D eigenvalue weighted by atomic mass is 35.5. The fourth-order valence-electron chi connectivity index (χ4n) is 3.39. The largest absolute Gasteiger partial charge is 0.323 e. The standard InChI is InChI=1S/C21H16Cl4F3NO2/c22-8-2-1-3-15(30)16-13(27)6-7-14(19(16)28)29-20(31)18-17(21(18,24)25)10-4-5-12(26)11(23)9-10/h4-7,9,17-18H,1-3,8H2,(H,29,31). The van der Waals surface area contributed by atoms with Gasteiger partial charge in [0, 0.05) is 18.2 Å². The molecule has 10 heteroatoms. The zero-order valence-corrected chi connectivity index (χ0v) is 18.9. The quantitative estimate of drug-likeness (QED) is 0.238. The second-order valence-electron chi connectivity index (χ2n) is 7.15. The van der Waals surface area contributed by atoms with Gasteiger partial charge in [0.1, 0.15) is 16.0 Å². The number of carbonyl (C=O) groups excluding carboxylic acids is 2. The highest BCUT2D eigenvalue weighted by Crippen LogP contribution is 2.65. The Labute approximate surface area is 196 Å². The molecule has 0 aromatic heterocycles. The van der Waals surface area contributed by atoms with Crippen molar-refractivity contribution in [3.8, 4) is 0 Å². The molecule has 2 unspecified atom stereocenters. The van der Waals surface area contributed by atoms with E-state index in [9.17, 15) is 22.8 Å². The number of amides is 1. The summed E-state index contributed by atoms with van der Waals surface area (Å²) in [6, 6.07) is 5.73. The summed E-state index contributed by atoms with van der Waals surface area (Å²) < 4.78 is 40.8. The summed E-state index contributed by atoms with van der Waals surface area (Å²) >= 11 is 23.8. The number of rotatable bonds is 8. The van der Waals surface area contributed by atoms with E-state index in [4.69, 9.17) is 46.4 Å². The maximum absolute atomic E-state index is 14.8. The molecule has 3 nitrogen and oxygen atoms in total. The van der Waals surface area contributed by atoms with Gasteiger partial charge in [-0.1, -0.05) is 17.7 Å². The van der Waals surface area contributed by atoms with Crippen molar-refractivity contribution in [2.24, 2.45) is 5.92 Å². The van der Waals surface area contributed by atoms with Crippen molar-refractivity contribution in [1.82, 2.24) is 0 Å². The van der Waals surface area contributed by atoms with Crippen molar-refractivity contribution in [2.75, 3.05) is 11.2 Å². The average Bonchev–Trinajstić information content (AvgIpc) is 3.28. The fraction of sp³-hybridized carbons (Fsp3) is 0.333. The first-order chi connectivity index (χ1) is 14.6. The molecule has 0 spiro atoms. The molecule has 1 aliphatic carbocycles. The summed E-state index contributed by atoms with van der Waals surface area (Å²) in [6.07, 6.45) is 0.820. The molecule has 1 N–H and O–H groups in total. The lowest BCUT2D eigenvalue weighted by atomic mass is 10.0. The molecule has 2 aromatic carbocycles. The Morgan fingerprint density at radius 3 is 2.35 bits per heavy atom. The van der Waals surface area contributed by atoms with E-state index in [-0.39, 0.29) is 17.1 Å². The van der Waals surface area contributed by atoms with Gasteiger partial charge in [0.2, 0.25) is 5.91 Å². The monoisotopic (exact) mass is 511 g/mol. The summed E-state index contributed by atoms with van der Waals surface area (Å²) in [7, 11) is 0. The Kier molecular flexibility index (Phi) is 7.47. The summed E-state index contributed by atoms with van der Waals surface area (Å²) in [5, 5.41) is 2.16. The number of halogens is 7. The smallest absolute Gasteiger partial charge is 0.231 e. The number of unbranched alkanes of at least 4 members (excludes halogenated alkanes) is 1. The summed E-state index contributed by atoms with van der Waals surface area (Å²) in [5.74, 6) is -5.69. The van der Waals surface area contributed by atoms with E-state index < -0.39 is 50.9 Å². The summed E-state index contributed by atoms with van der Waals surface area (Å²) in [4.78, 5) is 24.9. The van der Waals surface area contributed by atoms with Gasteiger partial charge in [-0.15, -0.1) is 34.8 Å². The number of hydrogen-bond donors (Lipinski definition) is 1. The molecule has 166 valence electrons. The van der Waals surface area contributed by atoms with Gasteiger partial charge in [-0.25, -0.2) is 13.2 Å². The molecule has 0 heterocycles. The van der Waals surface area contributed by atoms with Gasteiger partial charge >= 0.3 is 0 Å². The molecule has 2 atom stereocenters. The molecule has 0 aliphatic heterocycles. The van der Waals surface area contributed by atoms with E-state index in [1.165, 1.54) is 12.1 Å². The van der Waals surface area contributed by atoms with Crippen LogP contribution in [0.4, 0.5) is 18.9 Å². The Hall–Kier alpha value is -1.47. The van der Waals surface area contributed by atoms with Crippen LogP contribution in [-0.4, -0.2) is 21.9 Å². The lowest BCUT2D eigenvalue weighted by Crippen LogP contribution is -2.19. The zero-order valence-electron chi connectivity index (χ0n) is 15.8. The van der Waals surface area contributed by atoms with Gasteiger partial charge in [0.05, 0.1) is 22.2 Å². The molecular weight excluding hydrogens is 497 g/mol. The van der Waals surface area contributed by atoms with Crippen LogP contribution in [-0.2, 0) is 4.79 Å². The summed E-state index contributed by atoms with van der Waals surface area (Å²) in [5.41, 5.74) is -0.668. The van der Waals surface area contributed by atoms with Gasteiger partial charge in [-0.2, -0.15) is 0 Å². The highest BCUT2D eigenvalue weighted by molar-refractivity contribution is 6.53. The van der Waals surface area contributed by atoms with Crippen molar-refractivity contribution in [3.63, 3.8) is 0 Å². The molecule has 2 aromatic rings. The Morgan fingerprint density at radius 2 is 1.71 bits per heavy atom. The van der Waals surface area contributed by atoms with Crippen molar-refractivity contribution in [3.05, 3.63) is 63.9 Å². The van der Waals surface area contributed by atoms with Crippen LogP contribution in [0.5, 0.6) is 0 Å². The third-order valence-corrected chi connectivity index (χ3v) is 6.55. The minimum absolute atomic E-state index is 0.0829. The predicted molar refractivity (Wildman–Crippen MR) is 116 cm³/mol. The molecular formula is C21H16Cl4F3NO2. The Balaban J connectivity index is 1.79. The van der Waals surface area contributed by atoms with E-state index in [0.717, 1.165) is 18.2 Å². The van der Waals surface area contributed by atoms with Crippen molar-refractivity contribution >= 4 is 63.8 Å². The van der Waals surface area contributed by atoms with E-state index >= 15 is 0 Å². The van der Waals surface area contributed by atoms with E-state index in [2.05, 4.69) is 5.32 Å².